The first-order valence-electron chi connectivity index (χ1n) is 16.6. The Hall–Kier alpha value is -4.82. The summed E-state index contributed by atoms with van der Waals surface area (Å²) in [5, 5.41) is 1.13. The summed E-state index contributed by atoms with van der Waals surface area (Å²) in [5.74, 6) is 2.35. The minimum absolute atomic E-state index is 0.0160. The van der Waals surface area contributed by atoms with Gasteiger partial charge in [0.1, 0.15) is 24.7 Å². The van der Waals surface area contributed by atoms with Crippen LogP contribution in [0.4, 0.5) is 0 Å². The summed E-state index contributed by atoms with van der Waals surface area (Å²) in [6.45, 7) is 8.74. The number of hydrogen-bond acceptors (Lipinski definition) is 6. The van der Waals surface area contributed by atoms with Crippen LogP contribution in [-0.2, 0) is 24.6 Å². The number of rotatable bonds is 12. The van der Waals surface area contributed by atoms with Crippen molar-refractivity contribution in [2.24, 2.45) is 0 Å². The van der Waals surface area contributed by atoms with Crippen molar-refractivity contribution in [1.29, 1.82) is 0 Å². The fraction of sp³-hybridized carbons (Fsp3) is 0.220. The first-order chi connectivity index (χ1) is 24.3. The van der Waals surface area contributed by atoms with Gasteiger partial charge in [0.25, 0.3) is 0 Å². The standard InChI is InChI=1S/C41H39Cl2N3O4/c1-29-3-5-32(6-4-29)28-49-37-16-17-39(44-25-37)50-41-30(2)23-34(24-38(41)43)11-18-40(47)46-21-19-45(20-22-46)26-31-7-9-33(10-8-31)27-48-36-14-12-35(42)13-15-36/h3-18,23-25H,19-22,26-28H2,1-2H3/b18-11+. The van der Waals surface area contributed by atoms with Crippen LogP contribution in [0.5, 0.6) is 23.1 Å². The SMILES string of the molecule is Cc1ccc(COc2ccc(Oc3c(C)cc(/C=C/C(=O)N4CCN(Cc5ccc(COc6ccc(Cl)cc6)cc5)CC4)cc3Cl)nc2)cc1. The third kappa shape index (κ3) is 9.88. The Morgan fingerprint density at radius 1 is 0.760 bits per heavy atom. The number of aryl methyl sites for hydroxylation is 2. The molecule has 1 aliphatic heterocycles. The van der Waals surface area contributed by atoms with Crippen molar-refractivity contribution in [3.05, 3.63) is 153 Å². The van der Waals surface area contributed by atoms with E-state index in [-0.39, 0.29) is 5.91 Å². The Balaban J connectivity index is 0.946. The van der Waals surface area contributed by atoms with E-state index in [1.54, 1.807) is 30.5 Å². The lowest BCUT2D eigenvalue weighted by atomic mass is 10.1. The maximum absolute atomic E-state index is 13.0. The Labute approximate surface area is 303 Å². The number of piperazine rings is 1. The summed E-state index contributed by atoms with van der Waals surface area (Å²) in [5.41, 5.74) is 6.29. The molecule has 6 rings (SSSR count). The number of pyridine rings is 1. The maximum atomic E-state index is 13.0. The van der Waals surface area contributed by atoms with Gasteiger partial charge in [0.15, 0.2) is 5.75 Å². The second-order valence-corrected chi connectivity index (χ2v) is 13.2. The highest BCUT2D eigenvalue weighted by Crippen LogP contribution is 2.34. The number of carbonyl (C=O) groups excluding carboxylic acids is 1. The number of ether oxygens (including phenoxy) is 3. The van der Waals surface area contributed by atoms with Gasteiger partial charge in [-0.3, -0.25) is 9.69 Å². The van der Waals surface area contributed by atoms with Gasteiger partial charge in [-0.2, -0.15) is 0 Å². The Morgan fingerprint density at radius 3 is 2.02 bits per heavy atom. The average molecular weight is 709 g/mol. The number of amides is 1. The Bertz CT molecular complexity index is 1880. The predicted molar refractivity (Wildman–Crippen MR) is 199 cm³/mol. The van der Waals surface area contributed by atoms with Gasteiger partial charge in [-0.1, -0.05) is 77.3 Å². The lowest BCUT2D eigenvalue weighted by Gasteiger charge is -2.34. The highest BCUT2D eigenvalue weighted by atomic mass is 35.5. The van der Waals surface area contributed by atoms with E-state index in [9.17, 15) is 4.79 Å². The molecule has 5 aromatic rings. The van der Waals surface area contributed by atoms with E-state index in [1.165, 1.54) is 11.1 Å². The molecule has 0 unspecified atom stereocenters. The molecule has 50 heavy (non-hydrogen) atoms. The van der Waals surface area contributed by atoms with Gasteiger partial charge in [0.05, 0.1) is 11.2 Å². The molecule has 9 heteroatoms. The fourth-order valence-corrected chi connectivity index (χ4v) is 5.99. The van der Waals surface area contributed by atoms with Crippen molar-refractivity contribution in [3.8, 4) is 23.1 Å². The molecule has 2 heterocycles. The van der Waals surface area contributed by atoms with E-state index in [1.807, 2.05) is 60.4 Å². The van der Waals surface area contributed by atoms with Gasteiger partial charge >= 0.3 is 0 Å². The molecule has 0 radical (unpaired) electrons. The van der Waals surface area contributed by atoms with Crippen LogP contribution in [0.2, 0.25) is 10.0 Å². The van der Waals surface area contributed by atoms with E-state index in [0.29, 0.717) is 53.7 Å². The molecule has 4 aromatic carbocycles. The minimum Gasteiger partial charge on any atom is -0.489 e. The molecule has 0 atom stereocenters. The monoisotopic (exact) mass is 707 g/mol. The Morgan fingerprint density at radius 2 is 1.38 bits per heavy atom. The van der Waals surface area contributed by atoms with Gasteiger partial charge in [0, 0.05) is 49.9 Å². The van der Waals surface area contributed by atoms with Crippen molar-refractivity contribution in [2.75, 3.05) is 26.2 Å². The van der Waals surface area contributed by atoms with E-state index in [2.05, 4.69) is 53.2 Å². The van der Waals surface area contributed by atoms with Crippen LogP contribution in [0.25, 0.3) is 6.08 Å². The largest absolute Gasteiger partial charge is 0.489 e. The molecule has 0 N–H and O–H groups in total. The van der Waals surface area contributed by atoms with Crippen molar-refractivity contribution in [3.63, 3.8) is 0 Å². The van der Waals surface area contributed by atoms with Crippen molar-refractivity contribution in [1.82, 2.24) is 14.8 Å². The third-order valence-electron chi connectivity index (χ3n) is 8.44. The smallest absolute Gasteiger partial charge is 0.246 e. The van der Waals surface area contributed by atoms with Gasteiger partial charge in [0.2, 0.25) is 11.8 Å². The molecule has 1 fully saturated rings. The molecule has 256 valence electrons. The lowest BCUT2D eigenvalue weighted by Crippen LogP contribution is -2.47. The van der Waals surface area contributed by atoms with Crippen molar-refractivity contribution in [2.45, 2.75) is 33.6 Å². The van der Waals surface area contributed by atoms with Crippen LogP contribution in [0.15, 0.2) is 109 Å². The van der Waals surface area contributed by atoms with Crippen molar-refractivity contribution < 1.29 is 19.0 Å². The second kappa shape index (κ2) is 16.7. The summed E-state index contributed by atoms with van der Waals surface area (Å²) in [7, 11) is 0. The second-order valence-electron chi connectivity index (χ2n) is 12.4. The molecule has 7 nitrogen and oxygen atoms in total. The van der Waals surface area contributed by atoms with E-state index in [0.717, 1.165) is 47.6 Å². The minimum atomic E-state index is -0.0160. The van der Waals surface area contributed by atoms with Crippen LogP contribution in [-0.4, -0.2) is 46.9 Å². The highest BCUT2D eigenvalue weighted by molar-refractivity contribution is 6.32. The summed E-state index contributed by atoms with van der Waals surface area (Å²) >= 11 is 12.6. The number of aromatic nitrogens is 1. The van der Waals surface area contributed by atoms with Gasteiger partial charge in [-0.25, -0.2) is 4.98 Å². The number of carbonyl (C=O) groups is 1. The third-order valence-corrected chi connectivity index (χ3v) is 8.98. The number of halogens is 2. The first kappa shape index (κ1) is 35.0. The van der Waals surface area contributed by atoms with E-state index < -0.39 is 0 Å². The average Bonchev–Trinajstić information content (AvgIpc) is 3.13. The van der Waals surface area contributed by atoms with Gasteiger partial charge in [-0.15, -0.1) is 0 Å². The lowest BCUT2D eigenvalue weighted by molar-refractivity contribution is -0.127. The zero-order chi connectivity index (χ0) is 34.9. The molecule has 1 aliphatic rings. The summed E-state index contributed by atoms with van der Waals surface area (Å²) in [6.07, 6.45) is 5.05. The van der Waals surface area contributed by atoms with E-state index >= 15 is 0 Å². The van der Waals surface area contributed by atoms with Crippen LogP contribution in [0.3, 0.4) is 0 Å². The van der Waals surface area contributed by atoms with Crippen LogP contribution < -0.4 is 14.2 Å². The highest BCUT2D eigenvalue weighted by Gasteiger charge is 2.20. The van der Waals surface area contributed by atoms with Gasteiger partial charge in [-0.05, 0) is 90.2 Å². The molecule has 0 saturated carbocycles. The molecule has 0 bridgehead atoms. The quantitative estimate of drug-likeness (QED) is 0.121. The molecular weight excluding hydrogens is 669 g/mol. The van der Waals surface area contributed by atoms with Crippen molar-refractivity contribution >= 4 is 35.2 Å². The zero-order valence-corrected chi connectivity index (χ0v) is 29.7. The predicted octanol–water partition coefficient (Wildman–Crippen LogP) is 9.31. The summed E-state index contributed by atoms with van der Waals surface area (Å²) in [6, 6.07) is 31.4. The molecular formula is C41H39Cl2N3O4. The molecule has 1 amide bonds. The van der Waals surface area contributed by atoms with E-state index in [4.69, 9.17) is 37.4 Å². The summed E-state index contributed by atoms with van der Waals surface area (Å²) in [4.78, 5) is 21.7. The maximum Gasteiger partial charge on any atom is 0.246 e. The number of benzene rings is 4. The topological polar surface area (TPSA) is 64.1 Å². The molecule has 1 saturated heterocycles. The van der Waals surface area contributed by atoms with Gasteiger partial charge < -0.3 is 19.1 Å². The normalized spacial score (nSPS) is 13.4. The van der Waals surface area contributed by atoms with Crippen LogP contribution in [0, 0.1) is 13.8 Å². The number of hydrogen-bond donors (Lipinski definition) is 0. The molecule has 0 spiro atoms. The molecule has 0 aliphatic carbocycles. The Kier molecular flexibility index (Phi) is 11.7. The number of nitrogens with zero attached hydrogens (tertiary/aromatic N) is 3. The first-order valence-corrected chi connectivity index (χ1v) is 17.3. The van der Waals surface area contributed by atoms with Crippen LogP contribution in [0.1, 0.15) is 33.4 Å². The zero-order valence-electron chi connectivity index (χ0n) is 28.1. The molecule has 1 aromatic heterocycles. The summed E-state index contributed by atoms with van der Waals surface area (Å²) < 4.78 is 17.7. The van der Waals surface area contributed by atoms with Crippen LogP contribution >= 0.6 is 23.2 Å². The fourth-order valence-electron chi connectivity index (χ4n) is 5.55.